The van der Waals surface area contributed by atoms with Gasteiger partial charge in [0.05, 0.1) is 11.4 Å². The molecule has 1 unspecified atom stereocenters. The highest BCUT2D eigenvalue weighted by Crippen LogP contribution is 2.30. The quantitative estimate of drug-likeness (QED) is 0.721. The number of carbonyl (C=O) groups is 1. The van der Waals surface area contributed by atoms with Gasteiger partial charge in [-0.2, -0.15) is 0 Å². The highest BCUT2D eigenvalue weighted by molar-refractivity contribution is 7.13. The molecule has 4 rings (SSSR count). The zero-order valence-corrected chi connectivity index (χ0v) is 14.9. The molecule has 0 radical (unpaired) electrons. The van der Waals surface area contributed by atoms with Crippen LogP contribution in [0.1, 0.15) is 24.2 Å². The second-order valence-electron chi connectivity index (χ2n) is 5.91. The summed E-state index contributed by atoms with van der Waals surface area (Å²) in [4.78, 5) is 24.5. The molecule has 0 bridgehead atoms. The lowest BCUT2D eigenvalue weighted by Crippen LogP contribution is -2.26. The van der Waals surface area contributed by atoms with Gasteiger partial charge in [0.15, 0.2) is 17.4 Å². The van der Waals surface area contributed by atoms with E-state index in [1.807, 2.05) is 23.6 Å². The van der Waals surface area contributed by atoms with E-state index >= 15 is 0 Å². The van der Waals surface area contributed by atoms with Crippen LogP contribution in [0, 0.1) is 0 Å². The number of aromatic nitrogens is 3. The number of hydrogen-bond donors (Lipinski definition) is 2. The Labute approximate surface area is 154 Å². The zero-order valence-electron chi connectivity index (χ0n) is 14.1. The van der Waals surface area contributed by atoms with E-state index in [1.54, 1.807) is 18.5 Å². The number of rotatable bonds is 5. The molecule has 0 aliphatic carbocycles. The Morgan fingerprint density at radius 2 is 2.19 bits per heavy atom. The first kappa shape index (κ1) is 16.6. The molecule has 1 aliphatic rings. The Morgan fingerprint density at radius 1 is 1.35 bits per heavy atom. The lowest BCUT2D eigenvalue weighted by atomic mass is 10.1. The summed E-state index contributed by atoms with van der Waals surface area (Å²) in [5.74, 6) is 1.21. The van der Waals surface area contributed by atoms with Crippen LogP contribution in [0.25, 0.3) is 10.8 Å². The number of amides is 1. The van der Waals surface area contributed by atoms with E-state index in [-0.39, 0.29) is 18.6 Å². The van der Waals surface area contributed by atoms with Gasteiger partial charge in [0.1, 0.15) is 5.75 Å². The van der Waals surface area contributed by atoms with Crippen molar-refractivity contribution >= 4 is 22.9 Å². The second kappa shape index (κ2) is 7.19. The number of ether oxygens (including phenoxy) is 1. The number of nitrogens with zero attached hydrogens (tertiary/aromatic N) is 3. The number of benzene rings is 1. The fourth-order valence-corrected chi connectivity index (χ4v) is 3.41. The van der Waals surface area contributed by atoms with Crippen LogP contribution >= 0.6 is 11.3 Å². The Morgan fingerprint density at radius 3 is 3.04 bits per heavy atom. The molecular weight excluding hydrogens is 350 g/mol. The molecular formula is C18H17N5O2S. The average Bonchev–Trinajstić information content (AvgIpc) is 3.15. The van der Waals surface area contributed by atoms with Crippen LogP contribution in [0.2, 0.25) is 0 Å². The minimum Gasteiger partial charge on any atom is -0.482 e. The van der Waals surface area contributed by atoms with Gasteiger partial charge in [-0.1, -0.05) is 6.07 Å². The molecule has 8 heteroatoms. The summed E-state index contributed by atoms with van der Waals surface area (Å²) in [5, 5.41) is 9.10. The van der Waals surface area contributed by atoms with Gasteiger partial charge < -0.3 is 15.4 Å². The minimum atomic E-state index is -0.131. The molecule has 7 nitrogen and oxygen atoms in total. The van der Waals surface area contributed by atoms with Crippen LogP contribution in [-0.2, 0) is 11.3 Å². The van der Waals surface area contributed by atoms with Crippen LogP contribution in [0.4, 0.5) is 5.69 Å². The minimum absolute atomic E-state index is 0.0669. The van der Waals surface area contributed by atoms with Gasteiger partial charge >= 0.3 is 0 Å². The van der Waals surface area contributed by atoms with E-state index in [2.05, 4.69) is 32.5 Å². The van der Waals surface area contributed by atoms with Crippen molar-refractivity contribution in [2.24, 2.45) is 0 Å². The molecule has 1 atom stereocenters. The Hall–Kier alpha value is -2.84. The van der Waals surface area contributed by atoms with Crippen molar-refractivity contribution in [2.75, 3.05) is 11.9 Å². The molecule has 3 heterocycles. The molecule has 3 aromatic rings. The standard InChI is InChI=1S/C18H17N5O2S/c1-11(12-3-4-15-14(7-12)23-16(24)9-25-15)21-8-13-10-26-18(22-13)17-19-5-2-6-20-17/h2-7,10-11,21H,8-9H2,1H3,(H,23,24). The normalized spacial score (nSPS) is 14.3. The summed E-state index contributed by atoms with van der Waals surface area (Å²) in [5.41, 5.74) is 2.72. The first-order valence-corrected chi connectivity index (χ1v) is 9.09. The van der Waals surface area contributed by atoms with Crippen molar-refractivity contribution in [2.45, 2.75) is 19.5 Å². The summed E-state index contributed by atoms with van der Waals surface area (Å²) < 4.78 is 5.39. The number of nitrogens with one attached hydrogen (secondary N) is 2. The van der Waals surface area contributed by atoms with Crippen LogP contribution < -0.4 is 15.4 Å². The summed E-state index contributed by atoms with van der Waals surface area (Å²) in [6.07, 6.45) is 3.42. The molecule has 1 amide bonds. The van der Waals surface area contributed by atoms with E-state index < -0.39 is 0 Å². The van der Waals surface area contributed by atoms with Crippen LogP contribution in [-0.4, -0.2) is 27.5 Å². The van der Waals surface area contributed by atoms with Crippen molar-refractivity contribution in [3.8, 4) is 16.6 Å². The number of thiazole rings is 1. The maximum Gasteiger partial charge on any atom is 0.262 e. The second-order valence-corrected chi connectivity index (χ2v) is 6.77. The molecule has 1 aliphatic heterocycles. The van der Waals surface area contributed by atoms with Crippen molar-refractivity contribution in [3.63, 3.8) is 0 Å². The topological polar surface area (TPSA) is 89.0 Å². The van der Waals surface area contributed by atoms with E-state index in [0.29, 0.717) is 23.8 Å². The SMILES string of the molecule is CC(NCc1csc(-c2ncccn2)n1)c1ccc2c(c1)NC(=O)CO2. The highest BCUT2D eigenvalue weighted by atomic mass is 32.1. The van der Waals surface area contributed by atoms with Gasteiger partial charge in [-0.25, -0.2) is 15.0 Å². The number of fused-ring (bicyclic) bond motifs is 1. The lowest BCUT2D eigenvalue weighted by Gasteiger charge is -2.20. The predicted molar refractivity (Wildman–Crippen MR) is 99.0 cm³/mol. The van der Waals surface area contributed by atoms with E-state index in [4.69, 9.17) is 4.74 Å². The molecule has 2 N–H and O–H groups in total. The Bertz CT molecular complexity index is 928. The summed E-state index contributed by atoms with van der Waals surface area (Å²) in [6.45, 7) is 2.77. The molecule has 26 heavy (non-hydrogen) atoms. The zero-order chi connectivity index (χ0) is 17.9. The van der Waals surface area contributed by atoms with Gasteiger partial charge in [-0.3, -0.25) is 4.79 Å². The fourth-order valence-electron chi connectivity index (χ4n) is 2.65. The largest absolute Gasteiger partial charge is 0.482 e. The van der Waals surface area contributed by atoms with E-state index in [1.165, 1.54) is 11.3 Å². The van der Waals surface area contributed by atoms with Gasteiger partial charge in [0.2, 0.25) is 0 Å². The van der Waals surface area contributed by atoms with Gasteiger partial charge in [0, 0.05) is 30.4 Å². The number of anilines is 1. The summed E-state index contributed by atoms with van der Waals surface area (Å²) in [6, 6.07) is 7.70. The van der Waals surface area contributed by atoms with Gasteiger partial charge in [0.25, 0.3) is 5.91 Å². The Balaban J connectivity index is 1.41. The molecule has 0 fully saturated rings. The predicted octanol–water partition coefficient (Wildman–Crippen LogP) is 2.78. The first-order valence-electron chi connectivity index (χ1n) is 8.21. The molecule has 0 saturated carbocycles. The van der Waals surface area contributed by atoms with Crippen molar-refractivity contribution in [3.05, 3.63) is 53.3 Å². The maximum atomic E-state index is 11.5. The molecule has 1 aromatic carbocycles. The Kier molecular flexibility index (Phi) is 4.59. The molecule has 0 spiro atoms. The number of hydrogen-bond acceptors (Lipinski definition) is 7. The van der Waals surface area contributed by atoms with Gasteiger partial charge in [-0.15, -0.1) is 11.3 Å². The van der Waals surface area contributed by atoms with Crippen molar-refractivity contribution < 1.29 is 9.53 Å². The smallest absolute Gasteiger partial charge is 0.262 e. The first-order chi connectivity index (χ1) is 12.7. The summed E-state index contributed by atoms with van der Waals surface area (Å²) >= 11 is 1.53. The van der Waals surface area contributed by atoms with Gasteiger partial charge in [-0.05, 0) is 30.7 Å². The van der Waals surface area contributed by atoms with Crippen LogP contribution in [0.15, 0.2) is 42.0 Å². The fraction of sp³-hybridized carbons (Fsp3) is 0.222. The summed E-state index contributed by atoms with van der Waals surface area (Å²) in [7, 11) is 0. The molecule has 0 saturated heterocycles. The average molecular weight is 367 g/mol. The third-order valence-corrected chi connectivity index (χ3v) is 4.92. The van der Waals surface area contributed by atoms with Crippen LogP contribution in [0.5, 0.6) is 5.75 Å². The van der Waals surface area contributed by atoms with Crippen molar-refractivity contribution in [1.29, 1.82) is 0 Å². The monoisotopic (exact) mass is 367 g/mol. The molecule has 132 valence electrons. The molecule has 2 aromatic heterocycles. The van der Waals surface area contributed by atoms with Crippen LogP contribution in [0.3, 0.4) is 0 Å². The van der Waals surface area contributed by atoms with E-state index in [9.17, 15) is 4.79 Å². The third-order valence-electron chi connectivity index (χ3n) is 4.03. The highest BCUT2D eigenvalue weighted by Gasteiger charge is 2.17. The third kappa shape index (κ3) is 3.56. The van der Waals surface area contributed by atoms with E-state index in [0.717, 1.165) is 16.3 Å². The number of carbonyl (C=O) groups excluding carboxylic acids is 1. The lowest BCUT2D eigenvalue weighted by molar-refractivity contribution is -0.118. The van der Waals surface area contributed by atoms with Crippen molar-refractivity contribution in [1.82, 2.24) is 20.3 Å². The maximum absolute atomic E-state index is 11.5.